The second-order valence-electron chi connectivity index (χ2n) is 5.31. The Hall–Kier alpha value is -1.71. The van der Waals surface area contributed by atoms with Gasteiger partial charge in [-0.05, 0) is 59.5 Å². The molecule has 1 atom stereocenters. The molecule has 3 rings (SSSR count). The van der Waals surface area contributed by atoms with Gasteiger partial charge in [0.15, 0.2) is 0 Å². The van der Waals surface area contributed by atoms with Gasteiger partial charge in [0.1, 0.15) is 0 Å². The summed E-state index contributed by atoms with van der Waals surface area (Å²) in [5.41, 5.74) is 3.92. The highest BCUT2D eigenvalue weighted by molar-refractivity contribution is 7.17. The molecule has 0 saturated heterocycles. The van der Waals surface area contributed by atoms with Gasteiger partial charge in [0, 0.05) is 17.1 Å². The highest BCUT2D eigenvalue weighted by Gasteiger charge is 2.18. The van der Waals surface area contributed by atoms with E-state index in [0.717, 1.165) is 13.0 Å². The largest absolute Gasteiger partial charge is 0.306 e. The van der Waals surface area contributed by atoms with Crippen LogP contribution in [0.15, 0.2) is 48.1 Å². The molecule has 21 heavy (non-hydrogen) atoms. The molecule has 0 radical (unpaired) electrons. The van der Waals surface area contributed by atoms with Crippen molar-refractivity contribution in [3.8, 4) is 0 Å². The molecule has 3 heteroatoms. The van der Waals surface area contributed by atoms with Crippen molar-refractivity contribution in [1.29, 1.82) is 0 Å². The minimum atomic E-state index is 0.232. The lowest BCUT2D eigenvalue weighted by atomic mass is 9.95. The average molecular weight is 296 g/mol. The summed E-state index contributed by atoms with van der Waals surface area (Å²) in [7, 11) is 0. The summed E-state index contributed by atoms with van der Waals surface area (Å²) >= 11 is 1.82. The number of fused-ring (bicyclic) bond motifs is 1. The summed E-state index contributed by atoms with van der Waals surface area (Å²) in [4.78, 5) is 4.23. The van der Waals surface area contributed by atoms with Crippen LogP contribution in [0.2, 0.25) is 0 Å². The second-order valence-corrected chi connectivity index (χ2v) is 6.22. The predicted molar refractivity (Wildman–Crippen MR) is 90.9 cm³/mol. The lowest BCUT2D eigenvalue weighted by molar-refractivity contribution is 0.599. The standard InChI is InChI=1S/C18H20N2S/c1-3-9-20-17(15-7-10-19-12-13(15)2)16-6-4-5-14-8-11-21-18(14)16/h4-8,10-12,17,20H,3,9H2,1-2H3. The van der Waals surface area contributed by atoms with Crippen LogP contribution in [0.3, 0.4) is 0 Å². The van der Waals surface area contributed by atoms with E-state index in [-0.39, 0.29) is 6.04 Å². The Labute approximate surface area is 129 Å². The maximum atomic E-state index is 4.23. The number of thiophene rings is 1. The number of pyridine rings is 1. The van der Waals surface area contributed by atoms with Gasteiger partial charge in [0.05, 0.1) is 6.04 Å². The fourth-order valence-corrected chi connectivity index (χ4v) is 3.67. The first-order valence-electron chi connectivity index (χ1n) is 7.41. The molecule has 1 N–H and O–H groups in total. The molecule has 0 aliphatic heterocycles. The van der Waals surface area contributed by atoms with E-state index in [1.807, 2.05) is 23.7 Å². The molecule has 0 amide bonds. The van der Waals surface area contributed by atoms with E-state index >= 15 is 0 Å². The van der Waals surface area contributed by atoms with Crippen LogP contribution in [-0.4, -0.2) is 11.5 Å². The molecule has 108 valence electrons. The second kappa shape index (κ2) is 6.37. The molecular weight excluding hydrogens is 276 g/mol. The minimum absolute atomic E-state index is 0.232. The monoisotopic (exact) mass is 296 g/mol. The average Bonchev–Trinajstić information content (AvgIpc) is 2.98. The molecule has 0 aliphatic carbocycles. The van der Waals surface area contributed by atoms with Crippen LogP contribution < -0.4 is 5.32 Å². The van der Waals surface area contributed by atoms with Gasteiger partial charge in [0.2, 0.25) is 0 Å². The summed E-state index contributed by atoms with van der Waals surface area (Å²) in [6.45, 7) is 5.35. The molecule has 1 aromatic carbocycles. The third-order valence-electron chi connectivity index (χ3n) is 3.79. The summed E-state index contributed by atoms with van der Waals surface area (Å²) in [5, 5.41) is 7.20. The summed E-state index contributed by atoms with van der Waals surface area (Å²) in [5.74, 6) is 0. The van der Waals surface area contributed by atoms with Crippen LogP contribution in [-0.2, 0) is 0 Å². The lowest BCUT2D eigenvalue weighted by Crippen LogP contribution is -2.24. The zero-order valence-electron chi connectivity index (χ0n) is 12.5. The predicted octanol–water partition coefficient (Wildman–Crippen LogP) is 4.69. The number of aryl methyl sites for hydroxylation is 1. The Morgan fingerprint density at radius 3 is 2.90 bits per heavy atom. The molecule has 0 saturated carbocycles. The Kier molecular flexibility index (Phi) is 4.32. The molecule has 2 aromatic heterocycles. The third kappa shape index (κ3) is 2.85. The van der Waals surface area contributed by atoms with E-state index in [4.69, 9.17) is 0 Å². The van der Waals surface area contributed by atoms with Gasteiger partial charge in [-0.2, -0.15) is 0 Å². The van der Waals surface area contributed by atoms with Crippen molar-refractivity contribution in [2.45, 2.75) is 26.3 Å². The number of benzene rings is 1. The van der Waals surface area contributed by atoms with E-state index in [9.17, 15) is 0 Å². The van der Waals surface area contributed by atoms with Crippen molar-refractivity contribution in [1.82, 2.24) is 10.3 Å². The number of hydrogen-bond acceptors (Lipinski definition) is 3. The van der Waals surface area contributed by atoms with Crippen LogP contribution in [0, 0.1) is 6.92 Å². The molecule has 0 fully saturated rings. The normalized spacial score (nSPS) is 12.7. The van der Waals surface area contributed by atoms with E-state index in [1.165, 1.54) is 26.8 Å². The van der Waals surface area contributed by atoms with Gasteiger partial charge < -0.3 is 5.32 Å². The van der Waals surface area contributed by atoms with Crippen molar-refractivity contribution in [2.75, 3.05) is 6.54 Å². The molecule has 0 bridgehead atoms. The van der Waals surface area contributed by atoms with E-state index < -0.39 is 0 Å². The number of hydrogen-bond donors (Lipinski definition) is 1. The third-order valence-corrected chi connectivity index (χ3v) is 4.77. The maximum Gasteiger partial charge on any atom is 0.0594 e. The molecule has 2 nitrogen and oxygen atoms in total. The van der Waals surface area contributed by atoms with Crippen molar-refractivity contribution >= 4 is 21.4 Å². The Morgan fingerprint density at radius 1 is 1.19 bits per heavy atom. The van der Waals surface area contributed by atoms with Crippen LogP contribution in [0.5, 0.6) is 0 Å². The molecule has 1 unspecified atom stereocenters. The fourth-order valence-electron chi connectivity index (χ4n) is 2.73. The SMILES string of the molecule is CCCNC(c1ccncc1C)c1cccc2ccsc12. The van der Waals surface area contributed by atoms with Gasteiger partial charge >= 0.3 is 0 Å². The number of aromatic nitrogens is 1. The minimum Gasteiger partial charge on any atom is -0.306 e. The van der Waals surface area contributed by atoms with Crippen molar-refractivity contribution in [3.63, 3.8) is 0 Å². The summed E-state index contributed by atoms with van der Waals surface area (Å²) in [6, 6.07) is 11.1. The van der Waals surface area contributed by atoms with Crippen LogP contribution >= 0.6 is 11.3 Å². The zero-order chi connectivity index (χ0) is 14.7. The van der Waals surface area contributed by atoms with Gasteiger partial charge in [0.25, 0.3) is 0 Å². The highest BCUT2D eigenvalue weighted by atomic mass is 32.1. The molecular formula is C18H20N2S. The van der Waals surface area contributed by atoms with Gasteiger partial charge in [-0.15, -0.1) is 11.3 Å². The highest BCUT2D eigenvalue weighted by Crippen LogP contribution is 2.33. The van der Waals surface area contributed by atoms with Gasteiger partial charge in [-0.3, -0.25) is 4.98 Å². The topological polar surface area (TPSA) is 24.9 Å². The first-order valence-corrected chi connectivity index (χ1v) is 8.29. The van der Waals surface area contributed by atoms with Crippen LogP contribution in [0.25, 0.3) is 10.1 Å². The van der Waals surface area contributed by atoms with Crippen molar-refractivity contribution < 1.29 is 0 Å². The molecule has 2 heterocycles. The maximum absolute atomic E-state index is 4.23. The van der Waals surface area contributed by atoms with Crippen molar-refractivity contribution in [3.05, 3.63) is 64.8 Å². The Morgan fingerprint density at radius 2 is 2.10 bits per heavy atom. The number of nitrogens with one attached hydrogen (secondary N) is 1. The Balaban J connectivity index is 2.11. The first kappa shape index (κ1) is 14.2. The van der Waals surface area contributed by atoms with E-state index in [1.54, 1.807) is 0 Å². The summed E-state index contributed by atoms with van der Waals surface area (Å²) in [6.07, 6.45) is 4.96. The van der Waals surface area contributed by atoms with Gasteiger partial charge in [-0.1, -0.05) is 25.1 Å². The first-order chi connectivity index (χ1) is 10.3. The van der Waals surface area contributed by atoms with Crippen LogP contribution in [0.1, 0.15) is 36.1 Å². The van der Waals surface area contributed by atoms with Gasteiger partial charge in [-0.25, -0.2) is 0 Å². The zero-order valence-corrected chi connectivity index (χ0v) is 13.3. The number of rotatable bonds is 5. The molecule has 0 spiro atoms. The Bertz CT molecular complexity index is 733. The van der Waals surface area contributed by atoms with E-state index in [0.29, 0.717) is 0 Å². The number of nitrogens with zero attached hydrogens (tertiary/aromatic N) is 1. The lowest BCUT2D eigenvalue weighted by Gasteiger charge is -2.22. The molecule has 0 aliphatic rings. The van der Waals surface area contributed by atoms with E-state index in [2.05, 4.69) is 59.9 Å². The quantitative estimate of drug-likeness (QED) is 0.738. The van der Waals surface area contributed by atoms with Crippen LogP contribution in [0.4, 0.5) is 0 Å². The smallest absolute Gasteiger partial charge is 0.0594 e. The molecule has 3 aromatic rings. The summed E-state index contributed by atoms with van der Waals surface area (Å²) < 4.78 is 1.38. The van der Waals surface area contributed by atoms with Crippen molar-refractivity contribution in [2.24, 2.45) is 0 Å². The fraction of sp³-hybridized carbons (Fsp3) is 0.278.